The number of ether oxygens (including phenoxy) is 2. The molecule has 2 N–H and O–H groups in total. The van der Waals surface area contributed by atoms with Gasteiger partial charge in [-0.1, -0.05) is 13.8 Å². The Balaban J connectivity index is 2.27. The molecule has 0 aromatic carbocycles. The molecule has 0 aliphatic carbocycles. The third-order valence-corrected chi connectivity index (χ3v) is 4.26. The van der Waals surface area contributed by atoms with Gasteiger partial charge in [0, 0.05) is 26.1 Å². The Hall–Kier alpha value is -1.18. The summed E-state index contributed by atoms with van der Waals surface area (Å²) < 4.78 is 10.3. The number of amides is 2. The van der Waals surface area contributed by atoms with Crippen molar-refractivity contribution in [2.45, 2.75) is 46.3 Å². The molecule has 0 unspecified atom stereocenters. The van der Waals surface area contributed by atoms with E-state index in [2.05, 4.69) is 29.5 Å². The first-order chi connectivity index (χ1) is 10.4. The Morgan fingerprint density at radius 2 is 2.09 bits per heavy atom. The predicted molar refractivity (Wildman–Crippen MR) is 89.3 cm³/mol. The molecular formula is C15H27N3O3S. The molecule has 0 aliphatic rings. The van der Waals surface area contributed by atoms with Crippen molar-refractivity contribution in [3.63, 3.8) is 0 Å². The number of thiazole rings is 1. The first kappa shape index (κ1) is 18.9. The average molecular weight is 329 g/mol. The Bertz CT molecular complexity index is 459. The Morgan fingerprint density at radius 1 is 1.41 bits per heavy atom. The second-order valence-corrected chi connectivity index (χ2v) is 6.92. The zero-order chi connectivity index (χ0) is 16.6. The molecule has 0 fully saturated rings. The van der Waals surface area contributed by atoms with Gasteiger partial charge >= 0.3 is 6.03 Å². The molecule has 0 spiro atoms. The van der Waals surface area contributed by atoms with Crippen LogP contribution >= 0.6 is 11.3 Å². The van der Waals surface area contributed by atoms with Gasteiger partial charge in [-0.25, -0.2) is 9.78 Å². The van der Waals surface area contributed by atoms with Gasteiger partial charge in [-0.3, -0.25) is 5.32 Å². The van der Waals surface area contributed by atoms with Crippen LogP contribution in [-0.4, -0.2) is 38.1 Å². The summed E-state index contributed by atoms with van der Waals surface area (Å²) in [5, 5.41) is 8.17. The number of methoxy groups -OCH3 is 2. The van der Waals surface area contributed by atoms with Crippen molar-refractivity contribution in [2.75, 3.05) is 26.1 Å². The highest BCUT2D eigenvalue weighted by atomic mass is 32.1. The molecule has 126 valence electrons. The standard InChI is InChI=1S/C15H27N3O3S/c1-11-9-22-14(17-11)18-13(19)16-10-15(2,3)8-6-7-12(20-4)21-5/h9,12H,6-8,10H2,1-5H3,(H2,16,17,18,19). The minimum Gasteiger partial charge on any atom is -0.356 e. The highest BCUT2D eigenvalue weighted by Crippen LogP contribution is 2.23. The molecule has 1 aromatic heterocycles. The van der Waals surface area contributed by atoms with Crippen molar-refractivity contribution in [1.29, 1.82) is 0 Å². The molecule has 0 bridgehead atoms. The summed E-state index contributed by atoms with van der Waals surface area (Å²) >= 11 is 1.42. The van der Waals surface area contributed by atoms with Crippen molar-refractivity contribution in [3.8, 4) is 0 Å². The summed E-state index contributed by atoms with van der Waals surface area (Å²) in [4.78, 5) is 16.0. The van der Waals surface area contributed by atoms with Gasteiger partial charge in [0.15, 0.2) is 11.4 Å². The van der Waals surface area contributed by atoms with E-state index in [1.54, 1.807) is 14.2 Å². The van der Waals surface area contributed by atoms with Crippen LogP contribution in [0.4, 0.5) is 9.93 Å². The number of nitrogens with zero attached hydrogens (tertiary/aromatic N) is 1. The molecule has 0 radical (unpaired) electrons. The molecule has 1 rings (SSSR count). The van der Waals surface area contributed by atoms with Gasteiger partial charge in [-0.15, -0.1) is 11.3 Å². The van der Waals surface area contributed by atoms with Gasteiger partial charge in [0.1, 0.15) is 0 Å². The van der Waals surface area contributed by atoms with Gasteiger partial charge < -0.3 is 14.8 Å². The predicted octanol–water partition coefficient (Wildman–Crippen LogP) is 3.39. The van der Waals surface area contributed by atoms with Gasteiger partial charge in [0.2, 0.25) is 0 Å². The van der Waals surface area contributed by atoms with Crippen molar-refractivity contribution in [2.24, 2.45) is 5.41 Å². The molecule has 0 aliphatic heterocycles. The van der Waals surface area contributed by atoms with Crippen molar-refractivity contribution in [1.82, 2.24) is 10.3 Å². The number of hydrogen-bond acceptors (Lipinski definition) is 5. The Kier molecular flexibility index (Phi) is 7.78. The number of carbonyl (C=O) groups is 1. The van der Waals surface area contributed by atoms with Crippen LogP contribution in [0.25, 0.3) is 0 Å². The molecule has 7 heteroatoms. The number of urea groups is 1. The lowest BCUT2D eigenvalue weighted by molar-refractivity contribution is -0.107. The Morgan fingerprint density at radius 3 is 2.64 bits per heavy atom. The molecule has 0 saturated carbocycles. The lowest BCUT2D eigenvalue weighted by atomic mass is 9.87. The van der Waals surface area contributed by atoms with Crippen LogP contribution in [0.1, 0.15) is 38.8 Å². The maximum Gasteiger partial charge on any atom is 0.321 e. The van der Waals surface area contributed by atoms with Crippen molar-refractivity contribution < 1.29 is 14.3 Å². The molecule has 0 saturated heterocycles. The summed E-state index contributed by atoms with van der Waals surface area (Å²) in [5.41, 5.74) is 0.925. The van der Waals surface area contributed by atoms with E-state index < -0.39 is 0 Å². The largest absolute Gasteiger partial charge is 0.356 e. The van der Waals surface area contributed by atoms with Crippen molar-refractivity contribution >= 4 is 22.5 Å². The van der Waals surface area contributed by atoms with E-state index in [1.807, 2.05) is 12.3 Å². The van der Waals surface area contributed by atoms with E-state index in [9.17, 15) is 4.79 Å². The van der Waals surface area contributed by atoms with Crippen molar-refractivity contribution in [3.05, 3.63) is 11.1 Å². The quantitative estimate of drug-likeness (QED) is 0.681. The minimum atomic E-state index is -0.214. The first-order valence-corrected chi connectivity index (χ1v) is 8.27. The number of anilines is 1. The molecule has 22 heavy (non-hydrogen) atoms. The molecular weight excluding hydrogens is 302 g/mol. The number of rotatable bonds is 9. The number of nitrogens with one attached hydrogen (secondary N) is 2. The summed E-state index contributed by atoms with van der Waals surface area (Å²) in [5.74, 6) is 0. The van der Waals surface area contributed by atoms with E-state index >= 15 is 0 Å². The number of hydrogen-bond donors (Lipinski definition) is 2. The van der Waals surface area contributed by atoms with Crippen LogP contribution in [0.5, 0.6) is 0 Å². The van der Waals surface area contributed by atoms with Crippen LogP contribution < -0.4 is 10.6 Å². The maximum absolute atomic E-state index is 11.8. The zero-order valence-electron chi connectivity index (χ0n) is 14.1. The lowest BCUT2D eigenvalue weighted by Crippen LogP contribution is -2.36. The van der Waals surface area contributed by atoms with E-state index in [0.717, 1.165) is 25.0 Å². The smallest absolute Gasteiger partial charge is 0.321 e. The number of carbonyl (C=O) groups excluding carboxylic acids is 1. The third kappa shape index (κ3) is 7.20. The highest BCUT2D eigenvalue weighted by molar-refractivity contribution is 7.13. The molecule has 0 atom stereocenters. The SMILES string of the molecule is COC(CCCC(C)(C)CNC(=O)Nc1nc(C)cs1)OC. The van der Waals surface area contributed by atoms with Crippen LogP contribution in [0.15, 0.2) is 5.38 Å². The fourth-order valence-electron chi connectivity index (χ4n) is 2.04. The molecule has 1 aromatic rings. The summed E-state index contributed by atoms with van der Waals surface area (Å²) in [7, 11) is 3.29. The van der Waals surface area contributed by atoms with Gasteiger partial charge in [0.25, 0.3) is 0 Å². The topological polar surface area (TPSA) is 72.5 Å². The summed E-state index contributed by atoms with van der Waals surface area (Å²) in [6.45, 7) is 6.77. The highest BCUT2D eigenvalue weighted by Gasteiger charge is 2.19. The van der Waals surface area contributed by atoms with Crippen LogP contribution in [0.2, 0.25) is 0 Å². The number of aromatic nitrogens is 1. The zero-order valence-corrected chi connectivity index (χ0v) is 14.9. The monoisotopic (exact) mass is 329 g/mol. The number of aryl methyl sites for hydroxylation is 1. The third-order valence-electron chi connectivity index (χ3n) is 3.39. The van der Waals surface area contributed by atoms with E-state index in [0.29, 0.717) is 11.7 Å². The van der Waals surface area contributed by atoms with Crippen LogP contribution in [-0.2, 0) is 9.47 Å². The Labute approximate surface area is 136 Å². The van der Waals surface area contributed by atoms with E-state index in [1.165, 1.54) is 11.3 Å². The minimum absolute atomic E-state index is 0.0160. The molecule has 6 nitrogen and oxygen atoms in total. The fourth-order valence-corrected chi connectivity index (χ4v) is 2.72. The van der Waals surface area contributed by atoms with E-state index in [-0.39, 0.29) is 17.7 Å². The molecule has 1 heterocycles. The van der Waals surface area contributed by atoms with Gasteiger partial charge in [0.05, 0.1) is 5.69 Å². The summed E-state index contributed by atoms with van der Waals surface area (Å²) in [6, 6.07) is -0.214. The van der Waals surface area contributed by atoms with E-state index in [4.69, 9.17) is 9.47 Å². The second kappa shape index (κ2) is 9.07. The fraction of sp³-hybridized carbons (Fsp3) is 0.733. The second-order valence-electron chi connectivity index (χ2n) is 6.06. The summed E-state index contributed by atoms with van der Waals surface area (Å²) in [6.07, 6.45) is 2.66. The normalized spacial score (nSPS) is 11.7. The van der Waals surface area contributed by atoms with Crippen LogP contribution in [0, 0.1) is 12.3 Å². The molecule has 2 amide bonds. The van der Waals surface area contributed by atoms with Gasteiger partial charge in [-0.05, 0) is 31.6 Å². The van der Waals surface area contributed by atoms with Crippen LogP contribution in [0.3, 0.4) is 0 Å². The lowest BCUT2D eigenvalue weighted by Gasteiger charge is -2.25. The average Bonchev–Trinajstić information content (AvgIpc) is 2.87. The first-order valence-electron chi connectivity index (χ1n) is 7.39. The van der Waals surface area contributed by atoms with Gasteiger partial charge in [-0.2, -0.15) is 0 Å². The maximum atomic E-state index is 11.8.